The van der Waals surface area contributed by atoms with E-state index in [9.17, 15) is 9.59 Å². The molecule has 16 heavy (non-hydrogen) atoms. The van der Waals surface area contributed by atoms with Crippen molar-refractivity contribution in [3.05, 3.63) is 41.0 Å². The highest BCUT2D eigenvalue weighted by atomic mass is 16.5. The van der Waals surface area contributed by atoms with Crippen LogP contribution in [0.4, 0.5) is 0 Å². The standard InChI is InChI=1S/C13H14O3/c1-3-16-13(15)7-6-12-8-11(9-14)5-4-10(12)2/h4-9H,3H2,1-2H3. The first kappa shape index (κ1) is 12.2. The van der Waals surface area contributed by atoms with Crippen molar-refractivity contribution in [3.8, 4) is 0 Å². The molecule has 0 bridgehead atoms. The number of benzene rings is 1. The third kappa shape index (κ3) is 3.35. The first-order valence-corrected chi connectivity index (χ1v) is 5.08. The topological polar surface area (TPSA) is 43.4 Å². The fourth-order valence-corrected chi connectivity index (χ4v) is 1.26. The van der Waals surface area contributed by atoms with Crippen LogP contribution in [0.2, 0.25) is 0 Å². The second-order valence-electron chi connectivity index (χ2n) is 3.32. The quantitative estimate of drug-likeness (QED) is 0.442. The van der Waals surface area contributed by atoms with Gasteiger partial charge in [0.2, 0.25) is 0 Å². The Labute approximate surface area is 94.7 Å². The monoisotopic (exact) mass is 218 g/mol. The molecule has 3 heteroatoms. The van der Waals surface area contributed by atoms with E-state index in [0.717, 1.165) is 17.4 Å². The SMILES string of the molecule is CCOC(=O)C=Cc1cc(C=O)ccc1C. The zero-order valence-electron chi connectivity index (χ0n) is 9.40. The minimum Gasteiger partial charge on any atom is -0.463 e. The lowest BCUT2D eigenvalue weighted by atomic mass is 10.1. The molecular weight excluding hydrogens is 204 g/mol. The van der Waals surface area contributed by atoms with Crippen LogP contribution >= 0.6 is 0 Å². The summed E-state index contributed by atoms with van der Waals surface area (Å²) < 4.78 is 4.76. The first-order chi connectivity index (χ1) is 7.67. The summed E-state index contributed by atoms with van der Waals surface area (Å²) in [5, 5.41) is 0. The van der Waals surface area contributed by atoms with Crippen molar-refractivity contribution in [2.75, 3.05) is 6.61 Å². The molecule has 0 fully saturated rings. The smallest absolute Gasteiger partial charge is 0.330 e. The molecular formula is C13H14O3. The van der Waals surface area contributed by atoms with Crippen molar-refractivity contribution >= 4 is 18.3 Å². The van der Waals surface area contributed by atoms with Crippen LogP contribution < -0.4 is 0 Å². The number of carbonyl (C=O) groups is 2. The summed E-state index contributed by atoms with van der Waals surface area (Å²) in [5.74, 6) is -0.376. The Hall–Kier alpha value is -1.90. The normalized spacial score (nSPS) is 10.4. The predicted octanol–water partition coefficient (Wildman–Crippen LogP) is 2.38. The van der Waals surface area contributed by atoms with Crippen LogP contribution in [0.1, 0.15) is 28.4 Å². The molecule has 0 aliphatic heterocycles. The lowest BCUT2D eigenvalue weighted by Crippen LogP contribution is -1.98. The molecule has 0 aliphatic rings. The minimum absolute atomic E-state index is 0.358. The van der Waals surface area contributed by atoms with Gasteiger partial charge in [-0.2, -0.15) is 0 Å². The Balaban J connectivity index is 2.87. The van der Waals surface area contributed by atoms with E-state index >= 15 is 0 Å². The second-order valence-corrected chi connectivity index (χ2v) is 3.32. The number of hydrogen-bond acceptors (Lipinski definition) is 3. The van der Waals surface area contributed by atoms with E-state index in [1.807, 2.05) is 13.0 Å². The van der Waals surface area contributed by atoms with Gasteiger partial charge in [0, 0.05) is 11.6 Å². The maximum Gasteiger partial charge on any atom is 0.330 e. The van der Waals surface area contributed by atoms with Crippen molar-refractivity contribution < 1.29 is 14.3 Å². The lowest BCUT2D eigenvalue weighted by molar-refractivity contribution is -0.137. The van der Waals surface area contributed by atoms with Gasteiger partial charge in [-0.3, -0.25) is 4.79 Å². The Morgan fingerprint density at radius 3 is 2.81 bits per heavy atom. The molecule has 0 amide bonds. The Morgan fingerprint density at radius 2 is 2.19 bits per heavy atom. The summed E-state index contributed by atoms with van der Waals surface area (Å²) in [6.45, 7) is 4.03. The second kappa shape index (κ2) is 5.85. The van der Waals surface area contributed by atoms with E-state index in [0.29, 0.717) is 12.2 Å². The highest BCUT2D eigenvalue weighted by molar-refractivity contribution is 5.88. The molecule has 1 aromatic rings. The fourth-order valence-electron chi connectivity index (χ4n) is 1.26. The molecule has 0 atom stereocenters. The van der Waals surface area contributed by atoms with E-state index in [4.69, 9.17) is 4.74 Å². The van der Waals surface area contributed by atoms with E-state index in [-0.39, 0.29) is 5.97 Å². The molecule has 84 valence electrons. The molecule has 0 N–H and O–H groups in total. The summed E-state index contributed by atoms with van der Waals surface area (Å²) in [7, 11) is 0. The van der Waals surface area contributed by atoms with Gasteiger partial charge in [-0.25, -0.2) is 4.79 Å². The third-order valence-electron chi connectivity index (χ3n) is 2.12. The van der Waals surface area contributed by atoms with E-state index < -0.39 is 0 Å². The zero-order chi connectivity index (χ0) is 12.0. The molecule has 1 rings (SSSR count). The molecule has 0 spiro atoms. The number of esters is 1. The number of carbonyl (C=O) groups excluding carboxylic acids is 2. The van der Waals surface area contributed by atoms with Crippen LogP contribution in [-0.2, 0) is 9.53 Å². The lowest BCUT2D eigenvalue weighted by Gasteiger charge is -2.01. The molecule has 0 radical (unpaired) electrons. The van der Waals surface area contributed by atoms with Gasteiger partial charge in [0.25, 0.3) is 0 Å². The number of aldehydes is 1. The van der Waals surface area contributed by atoms with Crippen molar-refractivity contribution in [2.24, 2.45) is 0 Å². The Morgan fingerprint density at radius 1 is 1.44 bits per heavy atom. The Bertz CT molecular complexity index is 419. The summed E-state index contributed by atoms with van der Waals surface area (Å²) in [4.78, 5) is 21.7. The number of aryl methyl sites for hydroxylation is 1. The van der Waals surface area contributed by atoms with Gasteiger partial charge < -0.3 is 4.74 Å². The summed E-state index contributed by atoms with van der Waals surface area (Å²) in [6.07, 6.45) is 3.79. The van der Waals surface area contributed by atoms with Crippen molar-refractivity contribution in [2.45, 2.75) is 13.8 Å². The Kier molecular flexibility index (Phi) is 4.45. The van der Waals surface area contributed by atoms with Gasteiger partial charge >= 0.3 is 5.97 Å². The minimum atomic E-state index is -0.376. The van der Waals surface area contributed by atoms with E-state index in [2.05, 4.69) is 0 Å². The average Bonchev–Trinajstić information content (AvgIpc) is 2.28. The molecule has 0 aromatic heterocycles. The maximum atomic E-state index is 11.1. The molecule has 0 unspecified atom stereocenters. The van der Waals surface area contributed by atoms with E-state index in [1.54, 1.807) is 25.1 Å². The zero-order valence-corrected chi connectivity index (χ0v) is 9.40. The van der Waals surface area contributed by atoms with Crippen molar-refractivity contribution in [1.82, 2.24) is 0 Å². The van der Waals surface area contributed by atoms with Gasteiger partial charge in [-0.15, -0.1) is 0 Å². The predicted molar refractivity (Wildman–Crippen MR) is 62.2 cm³/mol. The molecule has 0 heterocycles. The van der Waals surface area contributed by atoms with Crippen LogP contribution in [0.5, 0.6) is 0 Å². The molecule has 0 aliphatic carbocycles. The van der Waals surface area contributed by atoms with Crippen LogP contribution in [0, 0.1) is 6.92 Å². The maximum absolute atomic E-state index is 11.1. The summed E-state index contributed by atoms with van der Waals surface area (Å²) >= 11 is 0. The fraction of sp³-hybridized carbons (Fsp3) is 0.231. The van der Waals surface area contributed by atoms with Crippen LogP contribution in [0.15, 0.2) is 24.3 Å². The molecule has 0 saturated heterocycles. The van der Waals surface area contributed by atoms with Crippen molar-refractivity contribution in [1.29, 1.82) is 0 Å². The molecule has 1 aromatic carbocycles. The van der Waals surface area contributed by atoms with E-state index in [1.165, 1.54) is 6.08 Å². The van der Waals surface area contributed by atoms with Crippen LogP contribution in [-0.4, -0.2) is 18.9 Å². The largest absolute Gasteiger partial charge is 0.463 e. The van der Waals surface area contributed by atoms with Crippen LogP contribution in [0.25, 0.3) is 6.08 Å². The van der Waals surface area contributed by atoms with Gasteiger partial charge in [-0.1, -0.05) is 12.1 Å². The summed E-state index contributed by atoms with van der Waals surface area (Å²) in [6, 6.07) is 5.32. The van der Waals surface area contributed by atoms with Gasteiger partial charge in [-0.05, 0) is 37.1 Å². The van der Waals surface area contributed by atoms with Gasteiger partial charge in [0.15, 0.2) is 0 Å². The van der Waals surface area contributed by atoms with Crippen LogP contribution in [0.3, 0.4) is 0 Å². The number of ether oxygens (including phenoxy) is 1. The van der Waals surface area contributed by atoms with Gasteiger partial charge in [0.05, 0.1) is 6.61 Å². The molecule has 0 saturated carbocycles. The number of rotatable bonds is 4. The highest BCUT2D eigenvalue weighted by Gasteiger charge is 1.98. The third-order valence-corrected chi connectivity index (χ3v) is 2.12. The summed E-state index contributed by atoms with van der Waals surface area (Å²) in [5.41, 5.74) is 2.44. The van der Waals surface area contributed by atoms with Gasteiger partial charge in [0.1, 0.15) is 6.29 Å². The number of hydrogen-bond donors (Lipinski definition) is 0. The molecule has 3 nitrogen and oxygen atoms in total. The highest BCUT2D eigenvalue weighted by Crippen LogP contribution is 2.11. The average molecular weight is 218 g/mol. The first-order valence-electron chi connectivity index (χ1n) is 5.08. The van der Waals surface area contributed by atoms with Crippen molar-refractivity contribution in [3.63, 3.8) is 0 Å².